The van der Waals surface area contributed by atoms with E-state index in [2.05, 4.69) is 16.4 Å². The van der Waals surface area contributed by atoms with Crippen LogP contribution in [0.25, 0.3) is 0 Å². The first-order valence-electron chi connectivity index (χ1n) is 9.00. The molecule has 136 valence electrons. The second kappa shape index (κ2) is 7.41. The summed E-state index contributed by atoms with van der Waals surface area (Å²) in [7, 11) is 0. The number of benzene rings is 2. The Labute approximate surface area is 163 Å². The Morgan fingerprint density at radius 1 is 1.15 bits per heavy atom. The quantitative estimate of drug-likeness (QED) is 0.666. The van der Waals surface area contributed by atoms with E-state index in [1.54, 1.807) is 12.4 Å². The average molecular weight is 378 g/mol. The maximum atomic E-state index is 13.1. The fourth-order valence-electron chi connectivity index (χ4n) is 3.45. The molecule has 2 heterocycles. The summed E-state index contributed by atoms with van der Waals surface area (Å²) in [6, 6.07) is 15.6. The molecule has 4 rings (SSSR count). The number of carbonyl (C=O) groups is 1. The third-order valence-corrected chi connectivity index (χ3v) is 5.04. The van der Waals surface area contributed by atoms with E-state index >= 15 is 0 Å². The Bertz CT molecular complexity index is 1000. The standard InChI is InChI=1S/C22H20ClN3O/c1-15-11-18(23)8-9-20(15)25-19-12-17(13-24-14-19)22(27)26-10-4-6-16-5-2-3-7-21(16)26/h2-3,5,7-9,11-14,25H,4,6,10H2,1H3. The van der Waals surface area contributed by atoms with Gasteiger partial charge in [0.15, 0.2) is 0 Å². The molecule has 0 saturated heterocycles. The number of fused-ring (bicyclic) bond motifs is 1. The lowest BCUT2D eigenvalue weighted by Crippen LogP contribution is -2.35. The van der Waals surface area contributed by atoms with Gasteiger partial charge in [0, 0.05) is 29.1 Å². The van der Waals surface area contributed by atoms with Crippen molar-refractivity contribution in [2.75, 3.05) is 16.8 Å². The summed E-state index contributed by atoms with van der Waals surface area (Å²) in [5, 5.41) is 4.02. The maximum Gasteiger partial charge on any atom is 0.259 e. The number of carbonyl (C=O) groups excluding carboxylic acids is 1. The van der Waals surface area contributed by atoms with Crippen molar-refractivity contribution in [3.63, 3.8) is 0 Å². The lowest BCUT2D eigenvalue weighted by Gasteiger charge is -2.29. The number of anilines is 3. The number of hydrogen-bond acceptors (Lipinski definition) is 3. The first-order valence-corrected chi connectivity index (χ1v) is 9.37. The zero-order valence-corrected chi connectivity index (χ0v) is 15.8. The van der Waals surface area contributed by atoms with Gasteiger partial charge < -0.3 is 10.2 Å². The summed E-state index contributed by atoms with van der Waals surface area (Å²) in [6.07, 6.45) is 5.32. The van der Waals surface area contributed by atoms with Crippen molar-refractivity contribution in [1.29, 1.82) is 0 Å². The molecular formula is C22H20ClN3O. The van der Waals surface area contributed by atoms with Crippen LogP contribution in [-0.4, -0.2) is 17.4 Å². The predicted octanol–water partition coefficient (Wildman–Crippen LogP) is 5.38. The molecule has 1 N–H and O–H groups in total. The molecule has 1 aliphatic rings. The Morgan fingerprint density at radius 2 is 2.00 bits per heavy atom. The topological polar surface area (TPSA) is 45.2 Å². The van der Waals surface area contributed by atoms with Crippen LogP contribution in [0.2, 0.25) is 5.02 Å². The fraction of sp³-hybridized carbons (Fsp3) is 0.182. The van der Waals surface area contributed by atoms with Crippen LogP contribution in [0, 0.1) is 6.92 Å². The van der Waals surface area contributed by atoms with E-state index < -0.39 is 0 Å². The monoisotopic (exact) mass is 377 g/mol. The van der Waals surface area contributed by atoms with E-state index in [9.17, 15) is 4.79 Å². The fourth-order valence-corrected chi connectivity index (χ4v) is 3.68. The molecule has 0 saturated carbocycles. The van der Waals surface area contributed by atoms with Crippen LogP contribution >= 0.6 is 11.6 Å². The molecule has 1 aromatic heterocycles. The van der Waals surface area contributed by atoms with Gasteiger partial charge >= 0.3 is 0 Å². The zero-order chi connectivity index (χ0) is 18.8. The third kappa shape index (κ3) is 3.67. The number of pyridine rings is 1. The van der Waals surface area contributed by atoms with Gasteiger partial charge in [-0.1, -0.05) is 29.8 Å². The van der Waals surface area contributed by atoms with Crippen molar-refractivity contribution in [2.45, 2.75) is 19.8 Å². The summed E-state index contributed by atoms with van der Waals surface area (Å²) in [4.78, 5) is 19.2. The number of nitrogens with one attached hydrogen (secondary N) is 1. The molecule has 0 bridgehead atoms. The Balaban J connectivity index is 1.60. The highest BCUT2D eigenvalue weighted by Gasteiger charge is 2.23. The van der Waals surface area contributed by atoms with Crippen molar-refractivity contribution in [2.24, 2.45) is 0 Å². The van der Waals surface area contributed by atoms with Crippen LogP contribution in [0.4, 0.5) is 17.1 Å². The summed E-state index contributed by atoms with van der Waals surface area (Å²) >= 11 is 6.02. The number of para-hydroxylation sites is 1. The number of amides is 1. The van der Waals surface area contributed by atoms with E-state index in [0.717, 1.165) is 42.0 Å². The van der Waals surface area contributed by atoms with Gasteiger partial charge in [0.2, 0.25) is 0 Å². The van der Waals surface area contributed by atoms with Crippen LogP contribution in [0.3, 0.4) is 0 Å². The number of aryl methyl sites for hydroxylation is 2. The molecule has 1 amide bonds. The predicted molar refractivity (Wildman–Crippen MR) is 110 cm³/mol. The van der Waals surface area contributed by atoms with E-state index in [1.807, 2.05) is 54.3 Å². The highest BCUT2D eigenvalue weighted by Crippen LogP contribution is 2.29. The van der Waals surface area contributed by atoms with Crippen molar-refractivity contribution in [3.05, 3.63) is 82.6 Å². The van der Waals surface area contributed by atoms with Gasteiger partial charge in [0.1, 0.15) is 0 Å². The van der Waals surface area contributed by atoms with Gasteiger partial charge in [0.25, 0.3) is 5.91 Å². The maximum absolute atomic E-state index is 13.1. The molecule has 0 fully saturated rings. The van der Waals surface area contributed by atoms with Crippen LogP contribution < -0.4 is 10.2 Å². The largest absolute Gasteiger partial charge is 0.354 e. The molecule has 1 aliphatic heterocycles. The number of rotatable bonds is 3. The molecule has 4 nitrogen and oxygen atoms in total. The SMILES string of the molecule is Cc1cc(Cl)ccc1Nc1cncc(C(=O)N2CCCc3ccccc32)c1. The van der Waals surface area contributed by atoms with E-state index in [-0.39, 0.29) is 5.91 Å². The van der Waals surface area contributed by atoms with Crippen molar-refractivity contribution >= 4 is 34.6 Å². The molecule has 0 aliphatic carbocycles. The van der Waals surface area contributed by atoms with Gasteiger partial charge in [-0.2, -0.15) is 0 Å². The third-order valence-electron chi connectivity index (χ3n) is 4.81. The van der Waals surface area contributed by atoms with Gasteiger partial charge in [0.05, 0.1) is 17.4 Å². The smallest absolute Gasteiger partial charge is 0.259 e. The van der Waals surface area contributed by atoms with Gasteiger partial charge in [-0.05, 0) is 61.2 Å². The second-order valence-electron chi connectivity index (χ2n) is 6.74. The van der Waals surface area contributed by atoms with Gasteiger partial charge in [-0.3, -0.25) is 9.78 Å². The highest BCUT2D eigenvalue weighted by molar-refractivity contribution is 6.30. The van der Waals surface area contributed by atoms with Gasteiger partial charge in [-0.25, -0.2) is 0 Å². The van der Waals surface area contributed by atoms with Crippen LogP contribution in [-0.2, 0) is 6.42 Å². The molecule has 0 radical (unpaired) electrons. The lowest BCUT2D eigenvalue weighted by atomic mass is 10.0. The summed E-state index contributed by atoms with van der Waals surface area (Å²) in [6.45, 7) is 2.71. The van der Waals surface area contributed by atoms with Crippen LogP contribution in [0.1, 0.15) is 27.9 Å². The van der Waals surface area contributed by atoms with E-state index in [4.69, 9.17) is 11.6 Å². The molecule has 0 unspecified atom stereocenters. The van der Waals surface area contributed by atoms with Gasteiger partial charge in [-0.15, -0.1) is 0 Å². The molecule has 0 atom stereocenters. The second-order valence-corrected chi connectivity index (χ2v) is 7.17. The summed E-state index contributed by atoms with van der Waals surface area (Å²) in [5.41, 5.74) is 5.54. The average Bonchev–Trinajstić information content (AvgIpc) is 2.69. The Kier molecular flexibility index (Phi) is 4.82. The lowest BCUT2D eigenvalue weighted by molar-refractivity contribution is 0.0985. The molecule has 3 aromatic rings. The summed E-state index contributed by atoms with van der Waals surface area (Å²) in [5.74, 6) is -0.0221. The summed E-state index contributed by atoms with van der Waals surface area (Å²) < 4.78 is 0. The minimum absolute atomic E-state index is 0.0221. The normalized spacial score (nSPS) is 13.2. The first-order chi connectivity index (χ1) is 13.1. The molecule has 2 aromatic carbocycles. The number of hydrogen-bond donors (Lipinski definition) is 1. The Hall–Kier alpha value is -2.85. The number of nitrogens with zero attached hydrogens (tertiary/aromatic N) is 2. The first kappa shape index (κ1) is 17.6. The molecular weight excluding hydrogens is 358 g/mol. The van der Waals surface area contributed by atoms with Crippen LogP contribution in [0.15, 0.2) is 60.9 Å². The highest BCUT2D eigenvalue weighted by atomic mass is 35.5. The van der Waals surface area contributed by atoms with Crippen molar-refractivity contribution in [3.8, 4) is 0 Å². The minimum Gasteiger partial charge on any atom is -0.354 e. The molecule has 0 spiro atoms. The van der Waals surface area contributed by atoms with E-state index in [0.29, 0.717) is 10.6 Å². The van der Waals surface area contributed by atoms with Crippen molar-refractivity contribution in [1.82, 2.24) is 4.98 Å². The number of halogens is 1. The number of aromatic nitrogens is 1. The zero-order valence-electron chi connectivity index (χ0n) is 15.1. The molecule has 27 heavy (non-hydrogen) atoms. The van der Waals surface area contributed by atoms with E-state index in [1.165, 1.54) is 5.56 Å². The molecule has 5 heteroatoms. The van der Waals surface area contributed by atoms with Crippen molar-refractivity contribution < 1.29 is 4.79 Å². The Morgan fingerprint density at radius 3 is 2.85 bits per heavy atom. The van der Waals surface area contributed by atoms with Crippen LogP contribution in [0.5, 0.6) is 0 Å². The minimum atomic E-state index is -0.0221.